The van der Waals surface area contributed by atoms with Crippen molar-refractivity contribution in [2.24, 2.45) is 4.99 Å². The van der Waals surface area contributed by atoms with Crippen LogP contribution in [0.15, 0.2) is 157 Å². The summed E-state index contributed by atoms with van der Waals surface area (Å²) in [6.07, 6.45) is -1.22. The number of aliphatic imine (C=N–C) groups is 1. The maximum Gasteiger partial charge on any atom is 0.243 e. The average molecular weight is 525 g/mol. The highest BCUT2D eigenvalue weighted by atomic mass is 16.3. The third kappa shape index (κ3) is 5.04. The van der Waals surface area contributed by atoms with Crippen LogP contribution in [0.5, 0.6) is 0 Å². The van der Waals surface area contributed by atoms with Gasteiger partial charge in [-0.1, -0.05) is 152 Å². The smallest absolute Gasteiger partial charge is 0.243 e. The summed E-state index contributed by atoms with van der Waals surface area (Å²) in [6.45, 7) is 5.92. The summed E-state index contributed by atoms with van der Waals surface area (Å²) in [7, 11) is 0. The molecule has 0 saturated carbocycles. The third-order valence-corrected chi connectivity index (χ3v) is 8.18. The lowest BCUT2D eigenvalue weighted by molar-refractivity contribution is -0.628. The Morgan fingerprint density at radius 1 is 0.525 bits per heavy atom. The van der Waals surface area contributed by atoms with Crippen LogP contribution in [0, 0.1) is 0 Å². The molecule has 0 radical (unpaired) electrons. The summed E-state index contributed by atoms with van der Waals surface area (Å²) in [4.78, 5) is 4.36. The van der Waals surface area contributed by atoms with E-state index in [9.17, 15) is 5.11 Å². The molecule has 5 aromatic rings. The molecule has 1 heterocycles. The fraction of sp³-hybridized carbons (Fsp3) is 0.139. The van der Waals surface area contributed by atoms with Gasteiger partial charge in [-0.25, -0.2) is 0 Å². The second-order valence-corrected chi connectivity index (χ2v) is 11.2. The summed E-state index contributed by atoms with van der Waals surface area (Å²) < 4.78 is 0. The van der Waals surface area contributed by atoms with E-state index in [1.54, 1.807) is 0 Å². The van der Waals surface area contributed by atoms with Crippen molar-refractivity contribution in [2.75, 3.05) is 0 Å². The van der Waals surface area contributed by atoms with Crippen molar-refractivity contribution in [3.8, 4) is 0 Å². The molecule has 3 nitrogen and oxygen atoms in total. The monoisotopic (exact) mass is 524 g/mol. The van der Waals surface area contributed by atoms with Gasteiger partial charge in [0.1, 0.15) is 6.15 Å². The van der Waals surface area contributed by atoms with E-state index in [1.165, 1.54) is 21.9 Å². The van der Waals surface area contributed by atoms with E-state index in [0.29, 0.717) is 0 Å². The molecule has 1 aliphatic heterocycles. The number of benzene rings is 5. The predicted octanol–water partition coefficient (Wildman–Crippen LogP) is 3.67. The topological polar surface area (TPSA) is 49.2 Å². The van der Waals surface area contributed by atoms with Crippen molar-refractivity contribution < 1.29 is 10.4 Å². The zero-order chi connectivity index (χ0) is 28.1. The first-order valence-corrected chi connectivity index (χ1v) is 14.0. The van der Waals surface area contributed by atoms with Gasteiger partial charge < -0.3 is 5.11 Å². The molecule has 40 heavy (non-hydrogen) atoms. The Hall–Kier alpha value is -4.25. The number of amidine groups is 1. The molecule has 0 saturated heterocycles. The number of aliphatic hydroxyl groups is 1. The van der Waals surface area contributed by atoms with Crippen LogP contribution >= 0.6 is 0 Å². The van der Waals surface area contributed by atoms with Crippen molar-refractivity contribution in [1.29, 1.82) is 0 Å². The van der Waals surface area contributed by atoms with Crippen LogP contribution in [0.1, 0.15) is 26.3 Å². The van der Waals surface area contributed by atoms with E-state index in [0.717, 1.165) is 11.4 Å². The van der Waals surface area contributed by atoms with E-state index in [1.807, 2.05) is 56.4 Å². The highest BCUT2D eigenvalue weighted by molar-refractivity contribution is 7.19. The van der Waals surface area contributed by atoms with Gasteiger partial charge in [0.25, 0.3) is 0 Å². The van der Waals surface area contributed by atoms with Gasteiger partial charge in [0.15, 0.2) is 11.4 Å². The highest BCUT2D eigenvalue weighted by Crippen LogP contribution is 2.34. The fourth-order valence-corrected chi connectivity index (χ4v) is 6.28. The van der Waals surface area contributed by atoms with Gasteiger partial charge >= 0.3 is 0 Å². The van der Waals surface area contributed by atoms with Gasteiger partial charge in [-0.2, -0.15) is 26.8 Å². The minimum atomic E-state index is -1.22. The van der Waals surface area contributed by atoms with Crippen LogP contribution in [0.4, 0.5) is 0 Å². The summed E-state index contributed by atoms with van der Waals surface area (Å²) in [5.74, 6) is 0.895. The molecule has 0 aliphatic carbocycles. The Balaban J connectivity index is 0.000000184. The van der Waals surface area contributed by atoms with Crippen LogP contribution < -0.4 is 27.2 Å². The Morgan fingerprint density at radius 3 is 1.10 bits per heavy atom. The van der Waals surface area contributed by atoms with Crippen molar-refractivity contribution in [3.05, 3.63) is 157 Å². The van der Waals surface area contributed by atoms with Crippen LogP contribution in [0.3, 0.4) is 0 Å². The van der Waals surface area contributed by atoms with E-state index in [2.05, 4.69) is 126 Å². The Morgan fingerprint density at radius 2 is 0.825 bits per heavy atom. The zero-order valence-electron chi connectivity index (χ0n) is 23.5. The first-order chi connectivity index (χ1) is 19.4. The lowest BCUT2D eigenvalue weighted by Crippen LogP contribution is -2.97. The molecular formula is C36H37BN2O. The summed E-state index contributed by atoms with van der Waals surface area (Å²) in [6, 6.07) is 53.1. The van der Waals surface area contributed by atoms with Gasteiger partial charge in [0.2, 0.25) is 5.72 Å². The van der Waals surface area contributed by atoms with Crippen LogP contribution in [-0.2, 0) is 5.72 Å². The Bertz CT molecular complexity index is 1380. The second-order valence-electron chi connectivity index (χ2n) is 11.2. The van der Waals surface area contributed by atoms with Crippen molar-refractivity contribution in [1.82, 2.24) is 0 Å². The molecule has 5 aromatic carbocycles. The van der Waals surface area contributed by atoms with Crippen LogP contribution in [0.25, 0.3) is 0 Å². The number of nitrogens with zero attached hydrogens (tertiary/aromatic N) is 1. The van der Waals surface area contributed by atoms with E-state index in [4.69, 9.17) is 0 Å². The SMILES string of the molecule is CC1=NC(O)(c2ccccc2)C(C)(C)[NH2+]1.c1ccc([B-](c2ccccc2)(c2ccccc2)c2ccccc2)cc1. The lowest BCUT2D eigenvalue weighted by atomic mass is 9.13. The van der Waals surface area contributed by atoms with Crippen molar-refractivity contribution in [3.63, 3.8) is 0 Å². The van der Waals surface area contributed by atoms with E-state index < -0.39 is 11.9 Å². The molecule has 0 aromatic heterocycles. The van der Waals surface area contributed by atoms with Crippen molar-refractivity contribution in [2.45, 2.75) is 32.0 Å². The Labute approximate surface area is 238 Å². The molecule has 6 rings (SSSR count). The molecule has 1 unspecified atom stereocenters. The van der Waals surface area contributed by atoms with Crippen LogP contribution in [-0.4, -0.2) is 22.6 Å². The zero-order valence-corrected chi connectivity index (χ0v) is 23.5. The largest absolute Gasteiger partial charge is 0.361 e. The summed E-state index contributed by atoms with van der Waals surface area (Å²) in [5, 5.41) is 12.7. The summed E-state index contributed by atoms with van der Waals surface area (Å²) in [5.41, 5.74) is 4.74. The molecule has 3 N–H and O–H groups in total. The lowest BCUT2D eigenvalue weighted by Gasteiger charge is -2.44. The highest BCUT2D eigenvalue weighted by Gasteiger charge is 2.53. The van der Waals surface area contributed by atoms with Gasteiger partial charge in [-0.3, -0.25) is 5.32 Å². The summed E-state index contributed by atoms with van der Waals surface area (Å²) >= 11 is 0. The molecule has 4 heteroatoms. The second kappa shape index (κ2) is 11.5. The number of hydrogen-bond donors (Lipinski definition) is 2. The molecule has 0 bridgehead atoms. The minimum Gasteiger partial charge on any atom is -0.361 e. The molecule has 0 amide bonds. The number of nitrogens with two attached hydrogens (primary N) is 1. The van der Waals surface area contributed by atoms with Crippen LogP contribution in [0.2, 0.25) is 0 Å². The maximum atomic E-state index is 10.6. The molecule has 1 aliphatic rings. The first-order valence-electron chi connectivity index (χ1n) is 14.0. The first kappa shape index (κ1) is 27.3. The molecule has 0 fully saturated rings. The maximum absolute atomic E-state index is 10.6. The van der Waals surface area contributed by atoms with Gasteiger partial charge in [0, 0.05) is 12.5 Å². The quantitative estimate of drug-likeness (QED) is 0.339. The molecule has 1 atom stereocenters. The number of rotatable bonds is 5. The van der Waals surface area contributed by atoms with E-state index in [-0.39, 0.29) is 5.54 Å². The van der Waals surface area contributed by atoms with Gasteiger partial charge in [-0.05, 0) is 13.8 Å². The predicted molar refractivity (Wildman–Crippen MR) is 170 cm³/mol. The molecule has 0 spiro atoms. The molecular weight excluding hydrogens is 487 g/mol. The van der Waals surface area contributed by atoms with Crippen molar-refractivity contribution >= 4 is 33.8 Å². The number of quaternary nitrogens is 1. The normalized spacial score (nSPS) is 17.9. The standard InChI is InChI=1S/C24H20B.C12H16N2O/c1-5-13-21(14-6-1)25(22-15-7-2-8-16-22,23-17-9-3-10-18-23)24-19-11-4-12-20-24;1-9-13-11(2,3)12(15,14-9)10-7-5-4-6-8-10/h1-20H;4-8,15H,1-3H3,(H,13,14)/q-1;/p+1. The average Bonchev–Trinajstić information content (AvgIpc) is 3.22. The third-order valence-electron chi connectivity index (χ3n) is 8.18. The van der Waals surface area contributed by atoms with Gasteiger partial charge in [0.05, 0.1) is 0 Å². The van der Waals surface area contributed by atoms with E-state index >= 15 is 0 Å². The Kier molecular flexibility index (Phi) is 7.84. The number of hydrogen-bond acceptors (Lipinski definition) is 2. The molecule has 200 valence electrons. The van der Waals surface area contributed by atoms with Gasteiger partial charge in [-0.15, -0.1) is 0 Å². The minimum absolute atomic E-state index is 0.349. The fourth-order valence-electron chi connectivity index (χ4n) is 6.28.